The summed E-state index contributed by atoms with van der Waals surface area (Å²) in [6.45, 7) is 2.92. The molecule has 1 amide bonds. The van der Waals surface area contributed by atoms with Crippen LogP contribution in [0.1, 0.15) is 33.3 Å². The van der Waals surface area contributed by atoms with Gasteiger partial charge in [-0.15, -0.1) is 0 Å². The minimum absolute atomic E-state index is 0.172. The standard InChI is InChI=1S/C22H24N2O2/c1-17-9-11-19(12-10-17)21(25)16-23-22(26)20-8-5-14-24(20)15-13-18-6-3-2-4-7-18/h2-12,14,21,25H,13,15-16H2,1H3,(H,23,26). The minimum Gasteiger partial charge on any atom is -0.387 e. The maximum absolute atomic E-state index is 12.5. The van der Waals surface area contributed by atoms with Crippen molar-refractivity contribution in [1.82, 2.24) is 9.88 Å². The van der Waals surface area contributed by atoms with Gasteiger partial charge in [-0.1, -0.05) is 60.2 Å². The molecule has 1 atom stereocenters. The van der Waals surface area contributed by atoms with Crippen LogP contribution in [-0.4, -0.2) is 22.1 Å². The second-order valence-corrected chi connectivity index (χ2v) is 6.46. The summed E-state index contributed by atoms with van der Waals surface area (Å²) in [4.78, 5) is 12.5. The number of nitrogens with zero attached hydrogens (tertiary/aromatic N) is 1. The lowest BCUT2D eigenvalue weighted by Crippen LogP contribution is -2.30. The summed E-state index contributed by atoms with van der Waals surface area (Å²) in [7, 11) is 0. The van der Waals surface area contributed by atoms with E-state index in [-0.39, 0.29) is 12.5 Å². The highest BCUT2D eigenvalue weighted by atomic mass is 16.3. The van der Waals surface area contributed by atoms with Crippen molar-refractivity contribution in [3.8, 4) is 0 Å². The second-order valence-electron chi connectivity index (χ2n) is 6.46. The van der Waals surface area contributed by atoms with E-state index in [1.165, 1.54) is 5.56 Å². The van der Waals surface area contributed by atoms with Gasteiger partial charge in [-0.25, -0.2) is 0 Å². The molecule has 0 aliphatic carbocycles. The third kappa shape index (κ3) is 4.61. The van der Waals surface area contributed by atoms with Crippen LogP contribution < -0.4 is 5.32 Å². The van der Waals surface area contributed by atoms with Gasteiger partial charge >= 0.3 is 0 Å². The zero-order chi connectivity index (χ0) is 18.4. The normalized spacial score (nSPS) is 11.9. The predicted molar refractivity (Wildman–Crippen MR) is 103 cm³/mol. The average Bonchev–Trinajstić information content (AvgIpc) is 3.14. The summed E-state index contributed by atoms with van der Waals surface area (Å²) in [5, 5.41) is 13.1. The maximum Gasteiger partial charge on any atom is 0.268 e. The molecule has 0 aliphatic rings. The molecular weight excluding hydrogens is 324 g/mol. The van der Waals surface area contributed by atoms with Gasteiger partial charge in [-0.05, 0) is 36.6 Å². The Morgan fingerprint density at radius 3 is 2.50 bits per heavy atom. The first kappa shape index (κ1) is 18.0. The molecule has 3 rings (SSSR count). The van der Waals surface area contributed by atoms with Gasteiger partial charge in [0.15, 0.2) is 0 Å². The van der Waals surface area contributed by atoms with E-state index < -0.39 is 6.10 Å². The van der Waals surface area contributed by atoms with Crippen molar-refractivity contribution in [2.75, 3.05) is 6.54 Å². The zero-order valence-electron chi connectivity index (χ0n) is 14.9. The van der Waals surface area contributed by atoms with Crippen molar-refractivity contribution in [3.63, 3.8) is 0 Å². The number of aliphatic hydroxyl groups excluding tert-OH is 1. The Hall–Kier alpha value is -2.85. The Kier molecular flexibility index (Phi) is 5.87. The Labute approximate surface area is 154 Å². The summed E-state index contributed by atoms with van der Waals surface area (Å²) < 4.78 is 1.95. The molecule has 26 heavy (non-hydrogen) atoms. The van der Waals surface area contributed by atoms with Crippen molar-refractivity contribution in [2.24, 2.45) is 0 Å². The SMILES string of the molecule is Cc1ccc(C(O)CNC(=O)c2cccn2CCc2ccccc2)cc1. The first-order valence-corrected chi connectivity index (χ1v) is 8.85. The molecule has 2 N–H and O–H groups in total. The van der Waals surface area contributed by atoms with Crippen molar-refractivity contribution in [3.05, 3.63) is 95.3 Å². The van der Waals surface area contributed by atoms with Crippen LogP contribution >= 0.6 is 0 Å². The number of aryl methyl sites for hydroxylation is 3. The molecule has 4 nitrogen and oxygen atoms in total. The highest BCUT2D eigenvalue weighted by molar-refractivity contribution is 5.92. The van der Waals surface area contributed by atoms with Gasteiger partial charge in [0.1, 0.15) is 5.69 Å². The molecular formula is C22H24N2O2. The van der Waals surface area contributed by atoms with Crippen LogP contribution in [0.4, 0.5) is 0 Å². The zero-order valence-corrected chi connectivity index (χ0v) is 14.9. The van der Waals surface area contributed by atoms with Gasteiger partial charge in [0.05, 0.1) is 6.10 Å². The monoisotopic (exact) mass is 348 g/mol. The molecule has 1 unspecified atom stereocenters. The number of amides is 1. The fourth-order valence-electron chi connectivity index (χ4n) is 2.90. The fourth-order valence-corrected chi connectivity index (χ4v) is 2.90. The van der Waals surface area contributed by atoms with Crippen LogP contribution in [0.2, 0.25) is 0 Å². The van der Waals surface area contributed by atoms with Gasteiger partial charge in [0, 0.05) is 19.3 Å². The molecule has 0 saturated heterocycles. The summed E-state index contributed by atoms with van der Waals surface area (Å²) in [6.07, 6.45) is 2.06. The molecule has 3 aromatic rings. The maximum atomic E-state index is 12.5. The highest BCUT2D eigenvalue weighted by Gasteiger charge is 2.13. The van der Waals surface area contributed by atoms with Crippen molar-refractivity contribution < 1.29 is 9.90 Å². The van der Waals surface area contributed by atoms with Crippen LogP contribution in [0.25, 0.3) is 0 Å². The van der Waals surface area contributed by atoms with Gasteiger partial charge in [-0.3, -0.25) is 4.79 Å². The van der Waals surface area contributed by atoms with Crippen molar-refractivity contribution in [1.29, 1.82) is 0 Å². The van der Waals surface area contributed by atoms with E-state index in [1.807, 2.05) is 66.2 Å². The van der Waals surface area contributed by atoms with Crippen LogP contribution in [0.5, 0.6) is 0 Å². The van der Waals surface area contributed by atoms with E-state index in [4.69, 9.17) is 0 Å². The number of hydrogen-bond donors (Lipinski definition) is 2. The molecule has 1 aromatic heterocycles. The molecule has 2 aromatic carbocycles. The molecule has 4 heteroatoms. The summed E-state index contributed by atoms with van der Waals surface area (Å²) in [6, 6.07) is 21.6. The number of nitrogens with one attached hydrogen (secondary N) is 1. The number of carbonyl (C=O) groups is 1. The fraction of sp³-hybridized carbons (Fsp3) is 0.227. The molecule has 0 fully saturated rings. The highest BCUT2D eigenvalue weighted by Crippen LogP contribution is 2.13. The van der Waals surface area contributed by atoms with Gasteiger partial charge in [0.25, 0.3) is 5.91 Å². The predicted octanol–water partition coefficient (Wildman–Crippen LogP) is 3.50. The van der Waals surface area contributed by atoms with Crippen LogP contribution in [0.3, 0.4) is 0 Å². The summed E-state index contributed by atoms with van der Waals surface area (Å²) in [5.74, 6) is -0.172. The molecule has 0 aliphatic heterocycles. The number of rotatable bonds is 7. The smallest absolute Gasteiger partial charge is 0.268 e. The summed E-state index contributed by atoms with van der Waals surface area (Å²) >= 11 is 0. The Morgan fingerprint density at radius 1 is 1.04 bits per heavy atom. The number of benzene rings is 2. The molecule has 134 valence electrons. The summed E-state index contributed by atoms with van der Waals surface area (Å²) in [5.41, 5.74) is 3.79. The van der Waals surface area contributed by atoms with E-state index in [9.17, 15) is 9.90 Å². The topological polar surface area (TPSA) is 54.3 Å². The minimum atomic E-state index is -0.715. The number of aromatic nitrogens is 1. The van der Waals surface area contributed by atoms with Crippen LogP contribution in [-0.2, 0) is 13.0 Å². The molecule has 0 bridgehead atoms. The lowest BCUT2D eigenvalue weighted by molar-refractivity contribution is 0.0907. The quantitative estimate of drug-likeness (QED) is 0.687. The Bertz CT molecular complexity index is 838. The third-order valence-corrected chi connectivity index (χ3v) is 4.46. The van der Waals surface area contributed by atoms with E-state index >= 15 is 0 Å². The van der Waals surface area contributed by atoms with Gasteiger partial charge < -0.3 is 15.0 Å². The lowest BCUT2D eigenvalue weighted by Gasteiger charge is -2.14. The second kappa shape index (κ2) is 8.50. The van der Waals surface area contributed by atoms with E-state index in [2.05, 4.69) is 17.4 Å². The van der Waals surface area contributed by atoms with E-state index in [1.54, 1.807) is 6.07 Å². The molecule has 0 radical (unpaired) electrons. The average molecular weight is 348 g/mol. The Morgan fingerprint density at radius 2 is 1.77 bits per heavy atom. The van der Waals surface area contributed by atoms with Crippen LogP contribution in [0, 0.1) is 6.92 Å². The van der Waals surface area contributed by atoms with Crippen LogP contribution in [0.15, 0.2) is 72.9 Å². The molecule has 1 heterocycles. The number of aliphatic hydroxyl groups is 1. The van der Waals surface area contributed by atoms with Crippen molar-refractivity contribution in [2.45, 2.75) is 26.0 Å². The number of carbonyl (C=O) groups excluding carboxylic acids is 1. The van der Waals surface area contributed by atoms with Gasteiger partial charge in [0.2, 0.25) is 0 Å². The Balaban J connectivity index is 1.56. The molecule has 0 saturated carbocycles. The van der Waals surface area contributed by atoms with E-state index in [0.29, 0.717) is 5.69 Å². The first-order chi connectivity index (χ1) is 12.6. The largest absolute Gasteiger partial charge is 0.387 e. The first-order valence-electron chi connectivity index (χ1n) is 8.85. The number of hydrogen-bond acceptors (Lipinski definition) is 2. The van der Waals surface area contributed by atoms with Crippen molar-refractivity contribution >= 4 is 5.91 Å². The molecule has 0 spiro atoms. The third-order valence-electron chi connectivity index (χ3n) is 4.46. The van der Waals surface area contributed by atoms with E-state index in [0.717, 1.165) is 24.1 Å². The lowest BCUT2D eigenvalue weighted by atomic mass is 10.1. The van der Waals surface area contributed by atoms with Gasteiger partial charge in [-0.2, -0.15) is 0 Å².